The summed E-state index contributed by atoms with van der Waals surface area (Å²) in [6.45, 7) is 22.6. The number of hydrogen-bond acceptors (Lipinski definition) is 10. The van der Waals surface area contributed by atoms with Crippen LogP contribution in [0.25, 0.3) is 0 Å². The van der Waals surface area contributed by atoms with Crippen LogP contribution < -0.4 is 21.3 Å². The number of hydrogen-bond donors (Lipinski definition) is 4. The number of carbonyl (C=O) groups is 7. The molecule has 1 unspecified atom stereocenters. The van der Waals surface area contributed by atoms with Crippen molar-refractivity contribution < 1.29 is 48.4 Å². The van der Waals surface area contributed by atoms with E-state index >= 15 is 0 Å². The summed E-state index contributed by atoms with van der Waals surface area (Å²) in [7, 11) is 0. The van der Waals surface area contributed by atoms with Gasteiger partial charge in [-0.2, -0.15) is 4.89 Å². The van der Waals surface area contributed by atoms with Gasteiger partial charge >= 0.3 is 0 Å². The highest BCUT2D eigenvalue weighted by molar-refractivity contribution is 5.94. The van der Waals surface area contributed by atoms with Crippen LogP contribution in [0.1, 0.15) is 198 Å². The molecule has 1 atom stereocenters. The fraction of sp³-hybridized carbons (Fsp3) is 0.591. The Kier molecular flexibility index (Phi) is 35.5. The highest BCUT2D eigenvalue weighted by Crippen LogP contribution is 2.42. The number of aldehydes is 2. The van der Waals surface area contributed by atoms with Crippen LogP contribution >= 0.6 is 0 Å². The summed E-state index contributed by atoms with van der Waals surface area (Å²) in [5.41, 5.74) is 9.94. The Balaban J connectivity index is 1.82. The van der Waals surface area contributed by atoms with Crippen molar-refractivity contribution in [2.45, 2.75) is 198 Å². The molecular formula is C66H100N4O10. The van der Waals surface area contributed by atoms with Gasteiger partial charge in [-0.3, -0.25) is 24.0 Å². The number of nitrogens with one attached hydrogen (secondary N) is 4. The lowest BCUT2D eigenvalue weighted by Gasteiger charge is -2.33. The molecule has 0 fully saturated rings. The molecule has 0 aliphatic heterocycles. The first kappa shape index (κ1) is 70.3. The van der Waals surface area contributed by atoms with Crippen molar-refractivity contribution in [3.05, 3.63) is 117 Å². The SMILES string of the molecule is CC1=C(/C=C/C(C)=C/C=C/C(C)=C/C(=O)CC(CCCCNC(=O)/C=C(C)/C=C/C=C(C)/C=C/C2=C(C)CCCC2(C)C)C(=O)NCCCOOOCNC(=O)CCCCCCCC(=O)NCCCC(C=O)C=O)C(C)(C)CCC1. The first-order chi connectivity index (χ1) is 38.2. The molecule has 2 aliphatic carbocycles. The van der Waals surface area contributed by atoms with E-state index in [2.05, 4.69) is 101 Å². The van der Waals surface area contributed by atoms with Gasteiger partial charge in [-0.1, -0.05) is 141 Å². The van der Waals surface area contributed by atoms with Gasteiger partial charge in [0.1, 0.15) is 12.6 Å². The van der Waals surface area contributed by atoms with Crippen LogP contribution in [0.2, 0.25) is 0 Å². The zero-order valence-corrected chi connectivity index (χ0v) is 50.5. The van der Waals surface area contributed by atoms with Crippen LogP contribution in [-0.2, 0) is 48.4 Å². The van der Waals surface area contributed by atoms with Gasteiger partial charge in [0.2, 0.25) is 23.6 Å². The summed E-state index contributed by atoms with van der Waals surface area (Å²) < 4.78 is 0. The van der Waals surface area contributed by atoms with Crippen molar-refractivity contribution in [3.63, 3.8) is 0 Å². The van der Waals surface area contributed by atoms with Gasteiger partial charge in [-0.05, 0) is 164 Å². The maximum absolute atomic E-state index is 13.5. The van der Waals surface area contributed by atoms with Gasteiger partial charge in [-0.15, -0.1) is 0 Å². The standard InChI is InChI=1S/C66H100N4O10/c1-50(34-36-59-54(5)28-20-38-65(59,7)8)24-18-26-52(3)44-58(73)46-57(31-16-17-40-68-63(76)45-53(4)27-19-25-51(2)35-37-60-55(6)29-21-39-66(60,9)10)64(77)69-42-23-43-78-80-79-49-70-62(75)33-15-13-11-12-14-32-61(74)67-41-22-30-56(47-71)48-72/h18-19,24-27,34-37,44-45,47-48,56-57H,11-17,20-23,28-33,38-43,46,49H2,1-10H3,(H,67,74)(H,68,76)(H,69,77)(H,70,75)/b26-18+,27-19+,36-34+,37-35+,50-24+,51-25+,52-44+,53-45+. The van der Waals surface area contributed by atoms with E-state index in [0.717, 1.165) is 60.8 Å². The predicted octanol–water partition coefficient (Wildman–Crippen LogP) is 13.0. The van der Waals surface area contributed by atoms with Crippen LogP contribution in [-0.4, -0.2) is 75.0 Å². The van der Waals surface area contributed by atoms with Crippen molar-refractivity contribution in [3.8, 4) is 0 Å². The molecule has 14 nitrogen and oxygen atoms in total. The summed E-state index contributed by atoms with van der Waals surface area (Å²) >= 11 is 0. The Bertz CT molecular complexity index is 2310. The molecule has 14 heteroatoms. The number of rotatable bonds is 40. The summed E-state index contributed by atoms with van der Waals surface area (Å²) in [6, 6.07) is 0. The van der Waals surface area contributed by atoms with E-state index in [9.17, 15) is 33.6 Å². The van der Waals surface area contributed by atoms with Gasteiger partial charge in [0, 0.05) is 50.9 Å². The van der Waals surface area contributed by atoms with Crippen molar-refractivity contribution in [1.82, 2.24) is 21.3 Å². The minimum absolute atomic E-state index is 0.0384. The Morgan fingerprint density at radius 2 is 1.09 bits per heavy atom. The molecule has 0 aromatic rings. The Morgan fingerprint density at radius 1 is 0.562 bits per heavy atom. The maximum atomic E-state index is 13.5. The maximum Gasteiger partial charge on any atom is 0.244 e. The molecule has 0 spiro atoms. The van der Waals surface area contributed by atoms with Crippen molar-refractivity contribution in [2.24, 2.45) is 22.7 Å². The van der Waals surface area contributed by atoms with Gasteiger partial charge < -0.3 is 30.9 Å². The molecule has 0 saturated carbocycles. The molecule has 80 heavy (non-hydrogen) atoms. The number of allylic oxidation sites excluding steroid dienone is 19. The lowest BCUT2D eigenvalue weighted by atomic mass is 9.72. The summed E-state index contributed by atoms with van der Waals surface area (Å²) in [6.07, 6.45) is 40.1. The number of carbonyl (C=O) groups excluding carboxylic acids is 7. The summed E-state index contributed by atoms with van der Waals surface area (Å²) in [5.74, 6) is -2.01. The normalized spacial score (nSPS) is 16.8. The molecule has 0 aromatic heterocycles. The molecule has 0 radical (unpaired) electrons. The van der Waals surface area contributed by atoms with Gasteiger partial charge in [-0.25, -0.2) is 4.89 Å². The van der Waals surface area contributed by atoms with Crippen LogP contribution in [0.15, 0.2) is 117 Å². The number of unbranched alkanes of at least 4 members (excludes halogenated alkanes) is 5. The second-order valence-electron chi connectivity index (χ2n) is 23.1. The van der Waals surface area contributed by atoms with Crippen molar-refractivity contribution >= 4 is 42.0 Å². The Labute approximate surface area is 480 Å². The summed E-state index contributed by atoms with van der Waals surface area (Å²) in [4.78, 5) is 95.2. The molecule has 0 saturated heterocycles. The van der Waals surface area contributed by atoms with Gasteiger partial charge in [0.25, 0.3) is 0 Å². The van der Waals surface area contributed by atoms with E-state index in [4.69, 9.17) is 14.8 Å². The number of ketones is 1. The second kappa shape index (κ2) is 40.4. The van der Waals surface area contributed by atoms with Crippen LogP contribution in [0.4, 0.5) is 0 Å². The average molecular weight is 1110 g/mol. The third kappa shape index (κ3) is 31.8. The highest BCUT2D eigenvalue weighted by Gasteiger charge is 2.28. The molecular weight excluding hydrogens is 1010 g/mol. The molecule has 444 valence electrons. The van der Waals surface area contributed by atoms with Crippen LogP contribution in [0.3, 0.4) is 0 Å². The average Bonchev–Trinajstić information content (AvgIpc) is 3.38. The minimum Gasteiger partial charge on any atom is -0.356 e. The first-order valence-corrected chi connectivity index (χ1v) is 29.4. The monoisotopic (exact) mass is 1110 g/mol. The van der Waals surface area contributed by atoms with Crippen molar-refractivity contribution in [1.29, 1.82) is 0 Å². The molecule has 0 bridgehead atoms. The predicted molar refractivity (Wildman–Crippen MR) is 321 cm³/mol. The topological polar surface area (TPSA) is 195 Å². The zero-order valence-electron chi connectivity index (χ0n) is 50.5. The Hall–Kier alpha value is -5.83. The van der Waals surface area contributed by atoms with Crippen molar-refractivity contribution in [2.75, 3.05) is 33.0 Å². The molecule has 4 N–H and O–H groups in total. The van der Waals surface area contributed by atoms with E-state index in [0.29, 0.717) is 83.4 Å². The molecule has 4 amide bonds. The van der Waals surface area contributed by atoms with E-state index in [1.54, 1.807) is 12.2 Å². The second-order valence-corrected chi connectivity index (χ2v) is 23.1. The quantitative estimate of drug-likeness (QED) is 0.00670. The van der Waals surface area contributed by atoms with Crippen LogP contribution in [0.5, 0.6) is 0 Å². The lowest BCUT2D eigenvalue weighted by molar-refractivity contribution is -0.513. The first-order valence-electron chi connectivity index (χ1n) is 29.4. The smallest absolute Gasteiger partial charge is 0.244 e. The molecule has 0 aromatic carbocycles. The van der Waals surface area contributed by atoms with E-state index in [-0.39, 0.29) is 66.5 Å². The van der Waals surface area contributed by atoms with Gasteiger partial charge in [0.15, 0.2) is 12.5 Å². The zero-order chi connectivity index (χ0) is 59.2. The van der Waals surface area contributed by atoms with Gasteiger partial charge in [0.05, 0.1) is 12.5 Å². The third-order valence-electron chi connectivity index (χ3n) is 14.7. The van der Waals surface area contributed by atoms with E-state index in [1.165, 1.54) is 48.0 Å². The fourth-order valence-electron chi connectivity index (χ4n) is 9.93. The molecule has 2 aliphatic rings. The summed E-state index contributed by atoms with van der Waals surface area (Å²) in [5, 5.41) is 16.0. The largest absolute Gasteiger partial charge is 0.356 e. The lowest BCUT2D eigenvalue weighted by Crippen LogP contribution is -2.33. The van der Waals surface area contributed by atoms with E-state index in [1.807, 2.05) is 50.3 Å². The molecule has 2 rings (SSSR count). The Morgan fingerprint density at radius 3 is 1.65 bits per heavy atom. The minimum atomic E-state index is -0.611. The third-order valence-corrected chi connectivity index (χ3v) is 14.7. The van der Waals surface area contributed by atoms with E-state index < -0.39 is 11.8 Å². The number of amides is 4. The fourth-order valence-corrected chi connectivity index (χ4v) is 9.93. The highest BCUT2D eigenvalue weighted by atomic mass is 17.5. The van der Waals surface area contributed by atoms with Crippen LogP contribution in [0, 0.1) is 22.7 Å². The molecule has 0 heterocycles.